The summed E-state index contributed by atoms with van der Waals surface area (Å²) in [6.45, 7) is 1.75. The van der Waals surface area contributed by atoms with Gasteiger partial charge in [0.1, 0.15) is 11.5 Å². The van der Waals surface area contributed by atoms with Crippen molar-refractivity contribution < 1.29 is 14.3 Å². The zero-order valence-electron chi connectivity index (χ0n) is 18.2. The minimum Gasteiger partial charge on any atom is -0.467 e. The van der Waals surface area contributed by atoms with E-state index in [-0.39, 0.29) is 12.3 Å². The summed E-state index contributed by atoms with van der Waals surface area (Å²) in [6.07, 6.45) is 0.106. The number of nitrogens with one attached hydrogen (secondary N) is 1. The first-order chi connectivity index (χ1) is 15.6. The monoisotopic (exact) mass is 426 g/mol. The van der Waals surface area contributed by atoms with Crippen LogP contribution in [0.15, 0.2) is 91.0 Å². The Morgan fingerprint density at radius 2 is 1.28 bits per heavy atom. The van der Waals surface area contributed by atoms with Crippen LogP contribution < -0.4 is 5.32 Å². The van der Waals surface area contributed by atoms with E-state index in [2.05, 4.69) is 11.4 Å². The van der Waals surface area contributed by atoms with E-state index in [1.165, 1.54) is 7.11 Å². The van der Waals surface area contributed by atoms with Gasteiger partial charge in [-0.15, -0.1) is 0 Å². The van der Waals surface area contributed by atoms with E-state index in [0.29, 0.717) is 0 Å². The lowest BCUT2D eigenvalue weighted by atomic mass is 9.68. The number of methoxy groups -OCH3 is 1. The molecule has 3 aromatic carbocycles. The summed E-state index contributed by atoms with van der Waals surface area (Å²) < 4.78 is 4.95. The number of carbonyl (C=O) groups is 2. The Bertz CT molecular complexity index is 979. The number of carbonyl (C=O) groups excluding carboxylic acids is 2. The largest absolute Gasteiger partial charge is 0.467 e. The van der Waals surface area contributed by atoms with Crippen molar-refractivity contribution in [1.29, 1.82) is 5.26 Å². The van der Waals surface area contributed by atoms with Crippen molar-refractivity contribution in [2.45, 2.75) is 24.8 Å². The van der Waals surface area contributed by atoms with Crippen LogP contribution in [0.3, 0.4) is 0 Å². The second kappa shape index (κ2) is 10.4. The minimum atomic E-state index is -1.21. The van der Waals surface area contributed by atoms with Crippen LogP contribution in [0.2, 0.25) is 0 Å². The van der Waals surface area contributed by atoms with Crippen LogP contribution in [0.5, 0.6) is 0 Å². The molecular weight excluding hydrogens is 400 g/mol. The molecule has 0 fully saturated rings. The van der Waals surface area contributed by atoms with Gasteiger partial charge >= 0.3 is 5.97 Å². The predicted octanol–water partition coefficient (Wildman–Crippen LogP) is 4.23. The minimum absolute atomic E-state index is 0.106. The SMILES string of the molecule is COC(=O)[C@H](NC(=O)C(c1ccccc1)(c1ccccc1)c1ccccc1)[C@@H](C)CC#N. The number of esters is 1. The average molecular weight is 427 g/mol. The maximum Gasteiger partial charge on any atom is 0.328 e. The first-order valence-corrected chi connectivity index (χ1v) is 10.5. The van der Waals surface area contributed by atoms with Gasteiger partial charge in [0.25, 0.3) is 0 Å². The molecule has 0 aliphatic rings. The molecule has 3 rings (SSSR count). The number of hydrogen-bond donors (Lipinski definition) is 1. The molecule has 0 aromatic heterocycles. The first kappa shape index (κ1) is 22.8. The molecule has 0 aliphatic carbocycles. The summed E-state index contributed by atoms with van der Waals surface area (Å²) >= 11 is 0. The summed E-state index contributed by atoms with van der Waals surface area (Å²) in [7, 11) is 1.28. The van der Waals surface area contributed by atoms with Crippen LogP contribution in [0.4, 0.5) is 0 Å². The highest BCUT2D eigenvalue weighted by Gasteiger charge is 2.45. The number of benzene rings is 3. The standard InChI is InChI=1S/C27H26N2O3/c1-20(18-19-28)24(25(30)32-2)29-26(31)27(21-12-6-3-7-13-21,22-14-8-4-9-15-22)23-16-10-5-11-17-23/h3-17,20,24H,18H2,1-2H3,(H,29,31)/t20-,24+/m0/s1. The molecule has 0 saturated heterocycles. The van der Waals surface area contributed by atoms with Crippen molar-refractivity contribution in [1.82, 2.24) is 5.32 Å². The van der Waals surface area contributed by atoms with E-state index in [9.17, 15) is 9.59 Å². The normalized spacial score (nSPS) is 12.8. The van der Waals surface area contributed by atoms with E-state index in [1.54, 1.807) is 6.92 Å². The molecule has 162 valence electrons. The van der Waals surface area contributed by atoms with E-state index in [1.807, 2.05) is 91.0 Å². The van der Waals surface area contributed by atoms with Gasteiger partial charge in [0.15, 0.2) is 0 Å². The van der Waals surface area contributed by atoms with E-state index in [4.69, 9.17) is 10.00 Å². The molecule has 0 spiro atoms. The van der Waals surface area contributed by atoms with Crippen molar-refractivity contribution in [3.8, 4) is 6.07 Å². The molecule has 5 nitrogen and oxygen atoms in total. The van der Waals surface area contributed by atoms with Crippen LogP contribution in [-0.2, 0) is 19.7 Å². The Balaban J connectivity index is 2.23. The van der Waals surface area contributed by atoms with Gasteiger partial charge in [0.2, 0.25) is 5.91 Å². The Morgan fingerprint density at radius 1 is 0.875 bits per heavy atom. The van der Waals surface area contributed by atoms with Crippen molar-refractivity contribution in [2.75, 3.05) is 7.11 Å². The highest BCUT2D eigenvalue weighted by molar-refractivity contribution is 5.98. The maximum atomic E-state index is 14.2. The molecule has 0 aliphatic heterocycles. The van der Waals surface area contributed by atoms with E-state index >= 15 is 0 Å². The summed E-state index contributed by atoms with van der Waals surface area (Å²) in [5.74, 6) is -1.36. The second-order valence-electron chi connectivity index (χ2n) is 7.66. The van der Waals surface area contributed by atoms with E-state index in [0.717, 1.165) is 16.7 Å². The van der Waals surface area contributed by atoms with Gasteiger partial charge in [-0.3, -0.25) is 4.79 Å². The number of nitriles is 1. The second-order valence-corrected chi connectivity index (χ2v) is 7.66. The quantitative estimate of drug-likeness (QED) is 0.432. The van der Waals surface area contributed by atoms with Gasteiger partial charge in [-0.25, -0.2) is 4.79 Å². The van der Waals surface area contributed by atoms with Gasteiger partial charge in [-0.05, 0) is 16.7 Å². The summed E-state index contributed by atoms with van der Waals surface area (Å²) in [5, 5.41) is 12.1. The molecule has 1 amide bonds. The molecule has 1 N–H and O–H groups in total. The van der Waals surface area contributed by atoms with Crippen molar-refractivity contribution >= 4 is 11.9 Å². The lowest BCUT2D eigenvalue weighted by Crippen LogP contribution is -2.54. The van der Waals surface area contributed by atoms with E-state index < -0.39 is 23.3 Å². The van der Waals surface area contributed by atoms with Gasteiger partial charge < -0.3 is 10.1 Å². The molecule has 3 aromatic rings. The highest BCUT2D eigenvalue weighted by atomic mass is 16.5. The molecule has 0 unspecified atom stereocenters. The Morgan fingerprint density at radius 3 is 1.62 bits per heavy atom. The smallest absolute Gasteiger partial charge is 0.328 e. The Kier molecular flexibility index (Phi) is 7.41. The van der Waals surface area contributed by atoms with Gasteiger partial charge in [-0.1, -0.05) is 97.9 Å². The maximum absolute atomic E-state index is 14.2. The fraction of sp³-hybridized carbons (Fsp3) is 0.222. The highest BCUT2D eigenvalue weighted by Crippen LogP contribution is 2.39. The van der Waals surface area contributed by atoms with Gasteiger partial charge in [0.05, 0.1) is 13.2 Å². The number of amides is 1. The number of rotatable bonds is 8. The molecule has 0 bridgehead atoms. The van der Waals surface area contributed by atoms with Crippen molar-refractivity contribution in [3.63, 3.8) is 0 Å². The van der Waals surface area contributed by atoms with Crippen LogP contribution in [0.1, 0.15) is 30.0 Å². The predicted molar refractivity (Wildman–Crippen MR) is 123 cm³/mol. The fourth-order valence-electron chi connectivity index (χ4n) is 4.03. The lowest BCUT2D eigenvalue weighted by Gasteiger charge is -2.36. The number of nitrogens with zero attached hydrogens (tertiary/aromatic N) is 1. The molecule has 0 saturated carbocycles. The van der Waals surface area contributed by atoms with Crippen LogP contribution in [0, 0.1) is 17.2 Å². The molecule has 0 heterocycles. The zero-order chi connectivity index (χ0) is 23.0. The zero-order valence-corrected chi connectivity index (χ0v) is 18.2. The van der Waals surface area contributed by atoms with Crippen molar-refractivity contribution in [2.24, 2.45) is 5.92 Å². The summed E-state index contributed by atoms with van der Waals surface area (Å²) in [6, 6.07) is 29.6. The lowest BCUT2D eigenvalue weighted by molar-refractivity contribution is -0.147. The molecule has 2 atom stereocenters. The van der Waals surface area contributed by atoms with Crippen molar-refractivity contribution in [3.05, 3.63) is 108 Å². The third-order valence-electron chi connectivity index (χ3n) is 5.69. The third-order valence-corrected chi connectivity index (χ3v) is 5.69. The van der Waals surface area contributed by atoms with Gasteiger partial charge in [-0.2, -0.15) is 5.26 Å². The van der Waals surface area contributed by atoms with Crippen LogP contribution >= 0.6 is 0 Å². The molecule has 32 heavy (non-hydrogen) atoms. The Hall–Kier alpha value is -3.91. The third kappa shape index (κ3) is 4.40. The summed E-state index contributed by atoms with van der Waals surface area (Å²) in [5.41, 5.74) is 1.10. The average Bonchev–Trinajstić information content (AvgIpc) is 2.84. The Labute approximate surface area is 188 Å². The van der Waals surface area contributed by atoms with Gasteiger partial charge in [0, 0.05) is 12.3 Å². The summed E-state index contributed by atoms with van der Waals surface area (Å²) in [4.78, 5) is 26.8. The van der Waals surface area contributed by atoms with Crippen LogP contribution in [0.25, 0.3) is 0 Å². The number of ether oxygens (including phenoxy) is 1. The first-order valence-electron chi connectivity index (χ1n) is 10.5. The molecule has 0 radical (unpaired) electrons. The molecular formula is C27H26N2O3. The topological polar surface area (TPSA) is 79.2 Å². The fourth-order valence-corrected chi connectivity index (χ4v) is 4.03. The van der Waals surface area contributed by atoms with Crippen LogP contribution in [-0.4, -0.2) is 25.0 Å². The number of hydrogen-bond acceptors (Lipinski definition) is 4. The molecule has 5 heteroatoms.